The Bertz CT molecular complexity index is 528. The van der Waals surface area contributed by atoms with Crippen LogP contribution in [0.15, 0.2) is 12.1 Å². The fourth-order valence-electron chi connectivity index (χ4n) is 2.12. The van der Waals surface area contributed by atoms with Crippen LogP contribution in [0.2, 0.25) is 0 Å². The molecule has 1 aromatic rings. The average molecular weight is 277 g/mol. The van der Waals surface area contributed by atoms with Crippen molar-refractivity contribution in [2.24, 2.45) is 0 Å². The molecule has 0 saturated carbocycles. The van der Waals surface area contributed by atoms with E-state index in [-0.39, 0.29) is 23.4 Å². The maximum Gasteiger partial charge on any atom is 0.335 e. The zero-order chi connectivity index (χ0) is 14.7. The maximum atomic E-state index is 11.1. The van der Waals surface area contributed by atoms with E-state index in [0.29, 0.717) is 18.8 Å². The van der Waals surface area contributed by atoms with E-state index in [2.05, 4.69) is 15.6 Å². The van der Waals surface area contributed by atoms with Crippen LogP contribution in [0, 0.1) is 0 Å². The number of aromatic nitrogens is 1. The quantitative estimate of drug-likeness (QED) is 0.760. The zero-order valence-corrected chi connectivity index (χ0v) is 11.6. The van der Waals surface area contributed by atoms with Gasteiger partial charge in [0.25, 0.3) is 0 Å². The number of carbonyl (C=O) groups is 2. The van der Waals surface area contributed by atoms with Gasteiger partial charge in [-0.05, 0) is 24.5 Å². The lowest BCUT2D eigenvalue weighted by molar-refractivity contribution is -0.119. The standard InChI is InChI=1S/C14H19N3O3/c1-8(2)11-5-9(14(19)20)6-12(17-11)15-7-10-3-4-13(18)16-10/h5-6,8,10H,3-4,7H2,1-2H3,(H,15,17)(H,16,18)(H,19,20). The van der Waals surface area contributed by atoms with Crippen LogP contribution in [0.1, 0.15) is 48.7 Å². The molecule has 0 radical (unpaired) electrons. The molecule has 0 aromatic carbocycles. The monoisotopic (exact) mass is 277 g/mol. The van der Waals surface area contributed by atoms with Crippen molar-refractivity contribution in [2.75, 3.05) is 11.9 Å². The number of carboxylic acids is 1. The molecule has 3 N–H and O–H groups in total. The van der Waals surface area contributed by atoms with Crippen LogP contribution in [0.3, 0.4) is 0 Å². The molecule has 1 unspecified atom stereocenters. The summed E-state index contributed by atoms with van der Waals surface area (Å²) in [6.07, 6.45) is 1.34. The van der Waals surface area contributed by atoms with Crippen LogP contribution in [-0.2, 0) is 4.79 Å². The molecule has 1 fully saturated rings. The molecule has 108 valence electrons. The van der Waals surface area contributed by atoms with E-state index >= 15 is 0 Å². The summed E-state index contributed by atoms with van der Waals surface area (Å²) in [6.45, 7) is 4.49. The molecule has 1 aliphatic heterocycles. The molecule has 1 aliphatic rings. The highest BCUT2D eigenvalue weighted by molar-refractivity contribution is 5.88. The van der Waals surface area contributed by atoms with Crippen LogP contribution in [0.5, 0.6) is 0 Å². The molecule has 6 nitrogen and oxygen atoms in total. The van der Waals surface area contributed by atoms with Gasteiger partial charge in [0, 0.05) is 24.7 Å². The van der Waals surface area contributed by atoms with Gasteiger partial charge in [0.15, 0.2) is 0 Å². The largest absolute Gasteiger partial charge is 0.478 e. The molecule has 1 atom stereocenters. The van der Waals surface area contributed by atoms with E-state index in [1.165, 1.54) is 6.07 Å². The van der Waals surface area contributed by atoms with E-state index in [1.807, 2.05) is 13.8 Å². The summed E-state index contributed by atoms with van der Waals surface area (Å²) in [5.74, 6) is -0.214. The van der Waals surface area contributed by atoms with Gasteiger partial charge in [-0.2, -0.15) is 0 Å². The van der Waals surface area contributed by atoms with Crippen LogP contribution >= 0.6 is 0 Å². The first-order valence-electron chi connectivity index (χ1n) is 6.74. The van der Waals surface area contributed by atoms with Crippen molar-refractivity contribution >= 4 is 17.7 Å². The van der Waals surface area contributed by atoms with Crippen LogP contribution in [0.25, 0.3) is 0 Å². The first-order valence-corrected chi connectivity index (χ1v) is 6.74. The molecule has 2 rings (SSSR count). The van der Waals surface area contributed by atoms with Crippen LogP contribution < -0.4 is 10.6 Å². The number of nitrogens with zero attached hydrogens (tertiary/aromatic N) is 1. The minimum atomic E-state index is -0.966. The van der Waals surface area contributed by atoms with E-state index in [4.69, 9.17) is 5.11 Å². The third-order valence-electron chi connectivity index (χ3n) is 3.30. The fraction of sp³-hybridized carbons (Fsp3) is 0.500. The van der Waals surface area contributed by atoms with Crippen molar-refractivity contribution in [1.29, 1.82) is 0 Å². The van der Waals surface area contributed by atoms with Gasteiger partial charge in [0.05, 0.1) is 5.56 Å². The summed E-state index contributed by atoms with van der Waals surface area (Å²) >= 11 is 0. The van der Waals surface area contributed by atoms with Crippen molar-refractivity contribution in [3.8, 4) is 0 Å². The molecule has 0 bridgehead atoms. The van der Waals surface area contributed by atoms with Crippen molar-refractivity contribution < 1.29 is 14.7 Å². The zero-order valence-electron chi connectivity index (χ0n) is 11.6. The Morgan fingerprint density at radius 2 is 2.30 bits per heavy atom. The van der Waals surface area contributed by atoms with Gasteiger partial charge in [0.1, 0.15) is 5.82 Å². The summed E-state index contributed by atoms with van der Waals surface area (Å²) < 4.78 is 0. The highest BCUT2D eigenvalue weighted by atomic mass is 16.4. The van der Waals surface area contributed by atoms with Gasteiger partial charge in [-0.3, -0.25) is 4.79 Å². The van der Waals surface area contributed by atoms with E-state index in [1.54, 1.807) is 6.07 Å². The smallest absolute Gasteiger partial charge is 0.335 e. The van der Waals surface area contributed by atoms with E-state index < -0.39 is 5.97 Å². The lowest BCUT2D eigenvalue weighted by atomic mass is 10.1. The molecule has 1 saturated heterocycles. The Morgan fingerprint density at radius 1 is 1.55 bits per heavy atom. The number of hydrogen-bond acceptors (Lipinski definition) is 4. The molecule has 1 amide bonds. The van der Waals surface area contributed by atoms with E-state index in [9.17, 15) is 9.59 Å². The highest BCUT2D eigenvalue weighted by Gasteiger charge is 2.20. The lowest BCUT2D eigenvalue weighted by Gasteiger charge is -2.14. The van der Waals surface area contributed by atoms with Gasteiger partial charge in [-0.15, -0.1) is 0 Å². The number of carboxylic acid groups (broad SMARTS) is 1. The second-order valence-electron chi connectivity index (χ2n) is 5.31. The number of anilines is 1. The molecule has 1 aromatic heterocycles. The Labute approximate surface area is 117 Å². The van der Waals surface area contributed by atoms with Crippen molar-refractivity contribution in [1.82, 2.24) is 10.3 Å². The number of carbonyl (C=O) groups excluding carboxylic acids is 1. The van der Waals surface area contributed by atoms with Crippen molar-refractivity contribution in [2.45, 2.75) is 38.6 Å². The predicted octanol–water partition coefficient (Wildman–Crippen LogP) is 1.59. The number of aromatic carboxylic acids is 1. The Balaban J connectivity index is 2.09. The summed E-state index contributed by atoms with van der Waals surface area (Å²) in [7, 11) is 0. The Morgan fingerprint density at radius 3 is 2.85 bits per heavy atom. The Hall–Kier alpha value is -2.11. The second-order valence-corrected chi connectivity index (χ2v) is 5.31. The molecular weight excluding hydrogens is 258 g/mol. The topological polar surface area (TPSA) is 91.3 Å². The van der Waals surface area contributed by atoms with Crippen molar-refractivity contribution in [3.05, 3.63) is 23.4 Å². The minimum absolute atomic E-state index is 0.0620. The number of rotatable bonds is 5. The first kappa shape index (κ1) is 14.3. The molecule has 6 heteroatoms. The minimum Gasteiger partial charge on any atom is -0.478 e. The van der Waals surface area contributed by atoms with E-state index in [0.717, 1.165) is 12.1 Å². The van der Waals surface area contributed by atoms with Gasteiger partial charge in [-0.1, -0.05) is 13.8 Å². The van der Waals surface area contributed by atoms with Gasteiger partial charge in [-0.25, -0.2) is 9.78 Å². The van der Waals surface area contributed by atoms with Gasteiger partial charge >= 0.3 is 5.97 Å². The Kier molecular flexibility index (Phi) is 4.22. The molecule has 2 heterocycles. The number of amides is 1. The molecule has 20 heavy (non-hydrogen) atoms. The molecule has 0 aliphatic carbocycles. The maximum absolute atomic E-state index is 11.1. The lowest BCUT2D eigenvalue weighted by Crippen LogP contribution is -2.32. The summed E-state index contributed by atoms with van der Waals surface area (Å²) in [6, 6.07) is 3.20. The third kappa shape index (κ3) is 3.46. The number of pyridine rings is 1. The normalized spacial score (nSPS) is 18.1. The predicted molar refractivity (Wildman–Crippen MR) is 74.9 cm³/mol. The average Bonchev–Trinajstić information content (AvgIpc) is 2.81. The number of nitrogens with one attached hydrogen (secondary N) is 2. The first-order chi connectivity index (χ1) is 9.45. The number of hydrogen-bond donors (Lipinski definition) is 3. The van der Waals surface area contributed by atoms with Gasteiger partial charge < -0.3 is 15.7 Å². The summed E-state index contributed by atoms with van der Waals surface area (Å²) in [4.78, 5) is 26.6. The van der Waals surface area contributed by atoms with Crippen LogP contribution in [0.4, 0.5) is 5.82 Å². The van der Waals surface area contributed by atoms with Crippen LogP contribution in [-0.4, -0.2) is 34.6 Å². The fourth-order valence-corrected chi connectivity index (χ4v) is 2.12. The third-order valence-corrected chi connectivity index (χ3v) is 3.30. The summed E-state index contributed by atoms with van der Waals surface area (Å²) in [5, 5.41) is 15.1. The van der Waals surface area contributed by atoms with Crippen molar-refractivity contribution in [3.63, 3.8) is 0 Å². The molecular formula is C14H19N3O3. The summed E-state index contributed by atoms with van der Waals surface area (Å²) in [5.41, 5.74) is 0.963. The SMILES string of the molecule is CC(C)c1cc(C(=O)O)cc(NCC2CCC(=O)N2)n1. The van der Waals surface area contributed by atoms with Gasteiger partial charge in [0.2, 0.25) is 5.91 Å². The highest BCUT2D eigenvalue weighted by Crippen LogP contribution is 2.18. The molecule has 0 spiro atoms. The second kappa shape index (κ2) is 5.90.